The van der Waals surface area contributed by atoms with E-state index in [-0.39, 0.29) is 16.8 Å². The summed E-state index contributed by atoms with van der Waals surface area (Å²) in [6, 6.07) is 11.1. The molecule has 2 saturated heterocycles. The number of anilines is 1. The monoisotopic (exact) mass is 693 g/mol. The van der Waals surface area contributed by atoms with Crippen LogP contribution in [0.25, 0.3) is 0 Å². The van der Waals surface area contributed by atoms with Crippen LogP contribution in [0.15, 0.2) is 48.5 Å². The zero-order valence-corrected chi connectivity index (χ0v) is 29.9. The molecule has 2 aliphatic rings. The van der Waals surface area contributed by atoms with Gasteiger partial charge in [0.05, 0.1) is 12.2 Å². The molecule has 10 heteroatoms. The highest BCUT2D eigenvalue weighted by molar-refractivity contribution is 6.52. The smallest absolute Gasteiger partial charge is 0.338 e. The maximum absolute atomic E-state index is 14.0. The molecule has 0 aromatic heterocycles. The molecular weight excluding hydrogens is 642 g/mol. The third-order valence-corrected chi connectivity index (χ3v) is 10.1. The Morgan fingerprint density at radius 1 is 0.857 bits per heavy atom. The van der Waals surface area contributed by atoms with Gasteiger partial charge in [0.25, 0.3) is 16.8 Å². The number of unbranched alkanes of at least 4 members (excludes halogenated alkanes) is 13. The Kier molecular flexibility index (Phi) is 14.7. The molecule has 4 amide bonds. The molecule has 1 N–H and O–H groups in total. The van der Waals surface area contributed by atoms with Crippen LogP contribution in [0.1, 0.15) is 136 Å². The first-order valence-electron chi connectivity index (χ1n) is 18.2. The Hall–Kier alpha value is -3.72. The first kappa shape index (κ1) is 38.1. The molecule has 2 aromatic carbocycles. The first-order valence-corrected chi connectivity index (χ1v) is 18.6. The lowest BCUT2D eigenvalue weighted by molar-refractivity contribution is -0.134. The van der Waals surface area contributed by atoms with Gasteiger partial charge in [0.2, 0.25) is 5.78 Å². The number of alkyl halides is 1. The molecule has 266 valence electrons. The van der Waals surface area contributed by atoms with Gasteiger partial charge in [-0.05, 0) is 49.9 Å². The van der Waals surface area contributed by atoms with Gasteiger partial charge >= 0.3 is 12.0 Å². The molecule has 2 heterocycles. The summed E-state index contributed by atoms with van der Waals surface area (Å²) in [5.74, 6) is -3.19. The minimum atomic E-state index is -2.69. The standard InChI is InChI=1S/C39H52ClN3O6/c1-3-4-5-6-7-8-9-10-11-12-13-14-15-18-27-49-36(46)30-22-19-23-31(28-30)41-37(47)39(40,34(44)32-24-17-16-21-29(32)2)43-35(45)33-25-20-26-42(33)38(43)48/h16-17,19,21-24,28,33H,3-15,18,20,25-27H2,1-2H3,(H,41,47). The van der Waals surface area contributed by atoms with Crippen molar-refractivity contribution in [1.29, 1.82) is 0 Å². The van der Waals surface area contributed by atoms with Crippen molar-refractivity contribution >= 4 is 46.9 Å². The van der Waals surface area contributed by atoms with E-state index in [1.54, 1.807) is 37.3 Å². The Balaban J connectivity index is 1.28. The number of ketones is 1. The van der Waals surface area contributed by atoms with E-state index in [2.05, 4.69) is 12.2 Å². The van der Waals surface area contributed by atoms with Gasteiger partial charge in [0.15, 0.2) is 0 Å². The molecule has 9 nitrogen and oxygen atoms in total. The summed E-state index contributed by atoms with van der Waals surface area (Å²) in [7, 11) is 0. The molecule has 2 aromatic rings. The van der Waals surface area contributed by atoms with Gasteiger partial charge in [-0.3, -0.25) is 14.4 Å². The number of aryl methyl sites for hydroxylation is 1. The number of urea groups is 1. The molecule has 0 saturated carbocycles. The highest BCUT2D eigenvalue weighted by Gasteiger charge is 2.62. The van der Waals surface area contributed by atoms with Gasteiger partial charge in [0.1, 0.15) is 6.04 Å². The van der Waals surface area contributed by atoms with E-state index >= 15 is 0 Å². The fourth-order valence-electron chi connectivity index (χ4n) is 6.70. The molecule has 2 unspecified atom stereocenters. The van der Waals surface area contributed by atoms with Crippen LogP contribution in [0.3, 0.4) is 0 Å². The number of carbonyl (C=O) groups excluding carboxylic acids is 5. The summed E-state index contributed by atoms with van der Waals surface area (Å²) in [5.41, 5.74) is 1.02. The Morgan fingerprint density at radius 3 is 2.08 bits per heavy atom. The van der Waals surface area contributed by atoms with Crippen LogP contribution in [-0.2, 0) is 14.3 Å². The lowest BCUT2D eigenvalue weighted by Gasteiger charge is -2.32. The fraction of sp³-hybridized carbons (Fsp3) is 0.564. The number of Topliss-reactive ketones (excluding diaryl/α,β-unsaturated/α-hetero) is 1. The van der Waals surface area contributed by atoms with E-state index in [9.17, 15) is 24.0 Å². The van der Waals surface area contributed by atoms with Crippen LogP contribution < -0.4 is 5.32 Å². The van der Waals surface area contributed by atoms with Crippen LogP contribution in [0, 0.1) is 6.92 Å². The lowest BCUT2D eigenvalue weighted by Crippen LogP contribution is -2.61. The second-order valence-electron chi connectivity index (χ2n) is 13.3. The number of carbonyl (C=O) groups is 5. The van der Waals surface area contributed by atoms with Crippen LogP contribution in [0.5, 0.6) is 0 Å². The average molecular weight is 694 g/mol. The molecule has 4 rings (SSSR count). The third kappa shape index (κ3) is 9.71. The van der Waals surface area contributed by atoms with Gasteiger partial charge in [0, 0.05) is 17.8 Å². The maximum atomic E-state index is 14.0. The van der Waals surface area contributed by atoms with Crippen molar-refractivity contribution in [2.45, 2.75) is 128 Å². The second kappa shape index (κ2) is 18.9. The van der Waals surface area contributed by atoms with E-state index in [0.717, 1.165) is 19.3 Å². The van der Waals surface area contributed by atoms with Gasteiger partial charge < -0.3 is 15.0 Å². The highest BCUT2D eigenvalue weighted by Crippen LogP contribution is 2.38. The highest BCUT2D eigenvalue weighted by atomic mass is 35.5. The molecule has 2 atom stereocenters. The van der Waals surface area contributed by atoms with E-state index in [0.29, 0.717) is 36.5 Å². The van der Waals surface area contributed by atoms with Crippen molar-refractivity contribution in [3.05, 3.63) is 65.2 Å². The van der Waals surface area contributed by atoms with Crippen LogP contribution in [-0.4, -0.2) is 63.6 Å². The maximum Gasteiger partial charge on any atom is 0.338 e. The topological polar surface area (TPSA) is 113 Å². The van der Waals surface area contributed by atoms with Crippen LogP contribution in [0.2, 0.25) is 0 Å². The zero-order valence-electron chi connectivity index (χ0n) is 29.1. The van der Waals surface area contributed by atoms with E-state index < -0.39 is 40.6 Å². The first-order chi connectivity index (χ1) is 23.7. The van der Waals surface area contributed by atoms with Crippen molar-refractivity contribution in [1.82, 2.24) is 9.80 Å². The number of halogens is 1. The summed E-state index contributed by atoms with van der Waals surface area (Å²) in [6.45, 7) is 4.56. The number of amides is 4. The van der Waals surface area contributed by atoms with E-state index in [4.69, 9.17) is 16.3 Å². The van der Waals surface area contributed by atoms with E-state index in [1.165, 1.54) is 93.7 Å². The molecule has 0 spiro atoms. The number of esters is 1. The summed E-state index contributed by atoms with van der Waals surface area (Å²) < 4.78 is 5.49. The molecule has 49 heavy (non-hydrogen) atoms. The molecule has 0 radical (unpaired) electrons. The lowest BCUT2D eigenvalue weighted by atomic mass is 9.97. The van der Waals surface area contributed by atoms with Crippen molar-refractivity contribution in [2.75, 3.05) is 18.5 Å². The van der Waals surface area contributed by atoms with Crippen LogP contribution >= 0.6 is 11.6 Å². The molecular formula is C39H52ClN3O6. The zero-order chi connectivity index (χ0) is 35.2. The number of rotatable bonds is 21. The molecule has 2 fully saturated rings. The third-order valence-electron chi connectivity index (χ3n) is 9.58. The minimum Gasteiger partial charge on any atom is -0.462 e. The normalized spacial score (nSPS) is 16.8. The van der Waals surface area contributed by atoms with Crippen molar-refractivity contribution in [3.8, 4) is 0 Å². The van der Waals surface area contributed by atoms with Gasteiger partial charge in [-0.2, -0.15) is 0 Å². The number of hydrogen-bond donors (Lipinski definition) is 1. The number of benzene rings is 2. The van der Waals surface area contributed by atoms with Gasteiger partial charge in [-0.1, -0.05) is 132 Å². The van der Waals surface area contributed by atoms with Gasteiger partial charge in [-0.15, -0.1) is 0 Å². The average Bonchev–Trinajstić information content (AvgIpc) is 3.68. The summed E-state index contributed by atoms with van der Waals surface area (Å²) in [5, 5.41) is 2.59. The number of fused-ring (bicyclic) bond motifs is 1. The number of hydrogen-bond acceptors (Lipinski definition) is 6. The van der Waals surface area contributed by atoms with E-state index in [1.807, 2.05) is 0 Å². The Labute approximate surface area is 296 Å². The Morgan fingerprint density at radius 2 is 1.47 bits per heavy atom. The molecule has 0 aliphatic carbocycles. The predicted octanol–water partition coefficient (Wildman–Crippen LogP) is 8.82. The SMILES string of the molecule is CCCCCCCCCCCCCCCCOC(=O)c1cccc(NC(=O)C(Cl)(C(=O)c2ccccc2C)N2C(=O)C3CCCN3C2=O)c1. The summed E-state index contributed by atoms with van der Waals surface area (Å²) in [6.07, 6.45) is 18.4. The predicted molar refractivity (Wildman–Crippen MR) is 192 cm³/mol. The molecule has 0 bridgehead atoms. The van der Waals surface area contributed by atoms with Crippen LogP contribution in [0.4, 0.5) is 10.5 Å². The van der Waals surface area contributed by atoms with Crippen molar-refractivity contribution < 1.29 is 28.7 Å². The Bertz CT molecular complexity index is 1440. The van der Waals surface area contributed by atoms with Crippen molar-refractivity contribution in [3.63, 3.8) is 0 Å². The second-order valence-corrected chi connectivity index (χ2v) is 13.9. The van der Waals surface area contributed by atoms with Crippen molar-refractivity contribution in [2.24, 2.45) is 0 Å². The summed E-state index contributed by atoms with van der Waals surface area (Å²) >= 11 is 6.89. The fourth-order valence-corrected chi connectivity index (χ4v) is 7.01. The molecule has 2 aliphatic heterocycles. The largest absolute Gasteiger partial charge is 0.462 e. The number of ether oxygens (including phenoxy) is 1. The number of nitrogens with one attached hydrogen (secondary N) is 1. The number of nitrogens with zero attached hydrogens (tertiary/aromatic N) is 2. The van der Waals surface area contributed by atoms with Gasteiger partial charge in [-0.25, -0.2) is 14.5 Å². The minimum absolute atomic E-state index is 0.112. The quantitative estimate of drug-likeness (QED) is 0.0266. The number of imide groups is 1. The summed E-state index contributed by atoms with van der Waals surface area (Å²) in [4.78, 5) is 66.8.